The van der Waals surface area contributed by atoms with Gasteiger partial charge >= 0.3 is 6.18 Å². The average molecular weight is 302 g/mol. The van der Waals surface area contributed by atoms with Crippen molar-refractivity contribution >= 4 is 5.91 Å². The van der Waals surface area contributed by atoms with Gasteiger partial charge in [0.2, 0.25) is 5.91 Å². The smallest absolute Gasteiger partial charge is 0.392 e. The van der Waals surface area contributed by atoms with E-state index in [0.29, 0.717) is 25.9 Å². The highest BCUT2D eigenvalue weighted by molar-refractivity contribution is 5.82. The van der Waals surface area contributed by atoms with Crippen LogP contribution in [0.5, 0.6) is 0 Å². The van der Waals surface area contributed by atoms with E-state index in [1.165, 1.54) is 12.1 Å². The van der Waals surface area contributed by atoms with Gasteiger partial charge in [0, 0.05) is 13.1 Å². The standard InChI is InChI=1S/C14H17F3N2O2/c15-14(16,17)10-3-1-9(2-4-10)5-6-18-13(21)12-7-11(20)8-19-12/h1-4,11-12,19-20H,5-8H2,(H,18,21)/t11-,12+/m1/s1. The third-order valence-corrected chi connectivity index (χ3v) is 3.42. The first-order chi connectivity index (χ1) is 9.86. The predicted octanol–water partition coefficient (Wildman–Crippen LogP) is 1.09. The van der Waals surface area contributed by atoms with Gasteiger partial charge in [-0.2, -0.15) is 13.2 Å². The van der Waals surface area contributed by atoms with E-state index in [2.05, 4.69) is 10.6 Å². The van der Waals surface area contributed by atoms with Crippen molar-refractivity contribution in [2.24, 2.45) is 0 Å². The van der Waals surface area contributed by atoms with E-state index < -0.39 is 23.9 Å². The Morgan fingerprint density at radius 3 is 2.52 bits per heavy atom. The predicted molar refractivity (Wildman–Crippen MR) is 70.6 cm³/mol. The van der Waals surface area contributed by atoms with Crippen molar-refractivity contribution in [1.29, 1.82) is 0 Å². The maximum Gasteiger partial charge on any atom is 0.416 e. The van der Waals surface area contributed by atoms with Crippen LogP contribution in [0.15, 0.2) is 24.3 Å². The molecule has 1 amide bonds. The molecule has 7 heteroatoms. The van der Waals surface area contributed by atoms with Gasteiger partial charge in [0.25, 0.3) is 0 Å². The van der Waals surface area contributed by atoms with Crippen LogP contribution in [0.25, 0.3) is 0 Å². The number of rotatable bonds is 4. The molecule has 0 saturated carbocycles. The third kappa shape index (κ3) is 4.44. The molecule has 1 heterocycles. The SMILES string of the molecule is O=C(NCCc1ccc(C(F)(F)F)cc1)[C@@H]1C[C@@H](O)CN1. The van der Waals surface area contributed by atoms with Crippen LogP contribution in [0.3, 0.4) is 0 Å². The first-order valence-corrected chi connectivity index (χ1v) is 6.71. The Morgan fingerprint density at radius 2 is 2.00 bits per heavy atom. The molecule has 116 valence electrons. The molecule has 2 rings (SSSR count). The number of aliphatic hydroxyl groups excluding tert-OH is 1. The minimum Gasteiger partial charge on any atom is -0.392 e. The Labute approximate surface area is 120 Å². The van der Waals surface area contributed by atoms with Crippen LogP contribution < -0.4 is 10.6 Å². The highest BCUT2D eigenvalue weighted by atomic mass is 19.4. The van der Waals surface area contributed by atoms with Crippen LogP contribution in [0.4, 0.5) is 13.2 Å². The average Bonchev–Trinajstić information content (AvgIpc) is 2.85. The first-order valence-electron chi connectivity index (χ1n) is 6.71. The number of alkyl halides is 3. The van der Waals surface area contributed by atoms with E-state index in [0.717, 1.165) is 17.7 Å². The number of β-amino-alcohol motifs (C(OH)–C–C–N with tert-alkyl or cyclic N) is 1. The fraction of sp³-hybridized carbons (Fsp3) is 0.500. The molecule has 21 heavy (non-hydrogen) atoms. The van der Waals surface area contributed by atoms with E-state index in [4.69, 9.17) is 0 Å². The molecule has 0 bridgehead atoms. The summed E-state index contributed by atoms with van der Waals surface area (Å²) in [5, 5.41) is 14.9. The van der Waals surface area contributed by atoms with Crippen molar-refractivity contribution < 1.29 is 23.1 Å². The van der Waals surface area contributed by atoms with Crippen molar-refractivity contribution in [3.05, 3.63) is 35.4 Å². The van der Waals surface area contributed by atoms with E-state index >= 15 is 0 Å². The van der Waals surface area contributed by atoms with Crippen LogP contribution >= 0.6 is 0 Å². The molecule has 1 aromatic rings. The number of hydrogen-bond donors (Lipinski definition) is 3. The van der Waals surface area contributed by atoms with Gasteiger partial charge in [0.05, 0.1) is 17.7 Å². The number of aliphatic hydroxyl groups is 1. The molecule has 0 unspecified atom stereocenters. The second-order valence-electron chi connectivity index (χ2n) is 5.09. The van der Waals surface area contributed by atoms with Gasteiger partial charge in [0.1, 0.15) is 0 Å². The molecule has 0 radical (unpaired) electrons. The maximum atomic E-state index is 12.4. The van der Waals surface area contributed by atoms with E-state index in [-0.39, 0.29) is 5.91 Å². The van der Waals surface area contributed by atoms with Crippen molar-refractivity contribution in [2.45, 2.75) is 31.2 Å². The molecular formula is C14H17F3N2O2. The molecule has 4 nitrogen and oxygen atoms in total. The summed E-state index contributed by atoms with van der Waals surface area (Å²) < 4.78 is 37.2. The number of carbonyl (C=O) groups is 1. The lowest BCUT2D eigenvalue weighted by atomic mass is 10.1. The van der Waals surface area contributed by atoms with Crippen LogP contribution in [0, 0.1) is 0 Å². The van der Waals surface area contributed by atoms with Crippen molar-refractivity contribution in [2.75, 3.05) is 13.1 Å². The second-order valence-corrected chi connectivity index (χ2v) is 5.09. The molecule has 0 spiro atoms. The molecule has 0 aromatic heterocycles. The van der Waals surface area contributed by atoms with Crippen molar-refractivity contribution in [3.63, 3.8) is 0 Å². The summed E-state index contributed by atoms with van der Waals surface area (Å²) in [7, 11) is 0. The van der Waals surface area contributed by atoms with E-state index in [1.54, 1.807) is 0 Å². The van der Waals surface area contributed by atoms with Crippen LogP contribution in [-0.2, 0) is 17.4 Å². The largest absolute Gasteiger partial charge is 0.416 e. The summed E-state index contributed by atoms with van der Waals surface area (Å²) in [6.45, 7) is 0.746. The summed E-state index contributed by atoms with van der Waals surface area (Å²) in [6.07, 6.45) is -4.00. The second kappa shape index (κ2) is 6.44. The van der Waals surface area contributed by atoms with Gasteiger partial charge in [0.15, 0.2) is 0 Å². The summed E-state index contributed by atoms with van der Waals surface area (Å²) in [5.74, 6) is -0.196. The summed E-state index contributed by atoms with van der Waals surface area (Å²) >= 11 is 0. The summed E-state index contributed by atoms with van der Waals surface area (Å²) in [5.41, 5.74) is 0.0437. The monoisotopic (exact) mass is 302 g/mol. The van der Waals surface area contributed by atoms with Gasteiger partial charge < -0.3 is 15.7 Å². The van der Waals surface area contributed by atoms with Gasteiger partial charge in [-0.05, 0) is 30.5 Å². The number of hydrogen-bond acceptors (Lipinski definition) is 3. The van der Waals surface area contributed by atoms with Gasteiger partial charge in [-0.3, -0.25) is 4.79 Å². The molecule has 1 aliphatic rings. The van der Waals surface area contributed by atoms with Gasteiger partial charge in [-0.1, -0.05) is 12.1 Å². The van der Waals surface area contributed by atoms with Crippen LogP contribution in [0.1, 0.15) is 17.5 Å². The minimum atomic E-state index is -4.33. The lowest BCUT2D eigenvalue weighted by Gasteiger charge is -2.11. The fourth-order valence-corrected chi connectivity index (χ4v) is 2.23. The fourth-order valence-electron chi connectivity index (χ4n) is 2.23. The number of carbonyl (C=O) groups excluding carboxylic acids is 1. The zero-order valence-electron chi connectivity index (χ0n) is 11.3. The maximum absolute atomic E-state index is 12.4. The zero-order valence-corrected chi connectivity index (χ0v) is 11.3. The molecule has 0 aliphatic carbocycles. The Bertz CT molecular complexity index is 488. The molecule has 2 atom stereocenters. The van der Waals surface area contributed by atoms with E-state index in [1.807, 2.05) is 0 Å². The Morgan fingerprint density at radius 1 is 1.33 bits per heavy atom. The highest BCUT2D eigenvalue weighted by Crippen LogP contribution is 2.29. The molecule has 1 fully saturated rings. The third-order valence-electron chi connectivity index (χ3n) is 3.42. The minimum absolute atomic E-state index is 0.196. The quantitative estimate of drug-likeness (QED) is 0.780. The zero-order chi connectivity index (χ0) is 15.5. The lowest BCUT2D eigenvalue weighted by Crippen LogP contribution is -2.41. The highest BCUT2D eigenvalue weighted by Gasteiger charge is 2.30. The van der Waals surface area contributed by atoms with E-state index in [9.17, 15) is 23.1 Å². The van der Waals surface area contributed by atoms with Crippen molar-refractivity contribution in [1.82, 2.24) is 10.6 Å². The Hall–Kier alpha value is -1.60. The topological polar surface area (TPSA) is 61.4 Å². The number of amides is 1. The first kappa shape index (κ1) is 15.8. The van der Waals surface area contributed by atoms with Crippen molar-refractivity contribution in [3.8, 4) is 0 Å². The normalized spacial score (nSPS) is 22.3. The summed E-state index contributed by atoms with van der Waals surface area (Å²) in [6, 6.07) is 4.49. The van der Waals surface area contributed by atoms with Crippen LogP contribution in [-0.4, -0.2) is 36.2 Å². The van der Waals surface area contributed by atoms with Gasteiger partial charge in [-0.25, -0.2) is 0 Å². The molecular weight excluding hydrogens is 285 g/mol. The number of benzene rings is 1. The Balaban J connectivity index is 1.77. The number of nitrogens with one attached hydrogen (secondary N) is 2. The van der Waals surface area contributed by atoms with Crippen LogP contribution in [0.2, 0.25) is 0 Å². The Kier molecular flexibility index (Phi) is 4.84. The number of halogens is 3. The van der Waals surface area contributed by atoms with Gasteiger partial charge in [-0.15, -0.1) is 0 Å². The molecule has 1 aliphatic heterocycles. The molecule has 3 N–H and O–H groups in total. The lowest BCUT2D eigenvalue weighted by molar-refractivity contribution is -0.137. The molecule has 1 saturated heterocycles. The molecule has 1 aromatic carbocycles. The summed E-state index contributed by atoms with van der Waals surface area (Å²) in [4.78, 5) is 11.7.